The van der Waals surface area contributed by atoms with Gasteiger partial charge in [0.1, 0.15) is 0 Å². The van der Waals surface area contributed by atoms with Crippen LogP contribution in [0, 0.1) is 29.6 Å². The molecule has 0 amide bonds. The molecule has 2 fully saturated rings. The molecule has 0 saturated heterocycles. The largest absolute Gasteiger partial charge is 0.103 e. The van der Waals surface area contributed by atoms with Gasteiger partial charge in [0.05, 0.1) is 0 Å². The van der Waals surface area contributed by atoms with Crippen LogP contribution in [0.25, 0.3) is 0 Å². The summed E-state index contributed by atoms with van der Waals surface area (Å²) in [6.07, 6.45) is 21.5. The minimum atomic E-state index is 0.756. The zero-order chi connectivity index (χ0) is 24.3. The Bertz CT molecular complexity index is 952. The summed E-state index contributed by atoms with van der Waals surface area (Å²) in [6.45, 7) is 6.12. The van der Waals surface area contributed by atoms with Gasteiger partial charge in [-0.15, -0.1) is 6.58 Å². The third-order valence-electron chi connectivity index (χ3n) is 8.76. The first-order valence-electron chi connectivity index (χ1n) is 14.6. The predicted molar refractivity (Wildman–Crippen MR) is 152 cm³/mol. The second-order valence-electron chi connectivity index (χ2n) is 11.3. The summed E-state index contributed by atoms with van der Waals surface area (Å²) in [5.41, 5.74) is 5.10. The fourth-order valence-corrected chi connectivity index (χ4v) is 6.59. The lowest BCUT2D eigenvalue weighted by Gasteiger charge is -2.42. The Labute approximate surface area is 215 Å². The van der Waals surface area contributed by atoms with E-state index in [0.717, 1.165) is 47.6 Å². The maximum atomic E-state index is 3.81. The average molecular weight is 467 g/mol. The van der Waals surface area contributed by atoms with E-state index in [4.69, 9.17) is 0 Å². The molecule has 186 valence electrons. The molecule has 0 spiro atoms. The number of hydrogen-bond donors (Lipinski definition) is 0. The average Bonchev–Trinajstić information content (AvgIpc) is 2.91. The molecule has 4 rings (SSSR count). The Morgan fingerprint density at radius 1 is 0.771 bits per heavy atom. The lowest BCUT2D eigenvalue weighted by molar-refractivity contribution is 0.113. The van der Waals surface area contributed by atoms with Crippen molar-refractivity contribution in [3.63, 3.8) is 0 Å². The summed E-state index contributed by atoms with van der Waals surface area (Å²) in [5, 5.41) is 0. The van der Waals surface area contributed by atoms with Gasteiger partial charge in [-0.3, -0.25) is 0 Å². The van der Waals surface area contributed by atoms with Crippen LogP contribution in [-0.4, -0.2) is 0 Å². The molecule has 4 atom stereocenters. The first-order chi connectivity index (χ1) is 17.2. The van der Waals surface area contributed by atoms with Crippen molar-refractivity contribution in [1.29, 1.82) is 0 Å². The van der Waals surface area contributed by atoms with Crippen LogP contribution in [0.3, 0.4) is 0 Å². The molecule has 0 heterocycles. The van der Waals surface area contributed by atoms with Crippen LogP contribution in [0.4, 0.5) is 0 Å². The molecule has 0 aliphatic heterocycles. The first kappa shape index (κ1) is 25.8. The molecule has 2 aliphatic carbocycles. The van der Waals surface area contributed by atoms with Gasteiger partial charge in [0.2, 0.25) is 0 Å². The molecule has 2 aromatic carbocycles. The molecule has 2 saturated carbocycles. The van der Waals surface area contributed by atoms with E-state index in [1.807, 2.05) is 6.08 Å². The van der Waals surface area contributed by atoms with Crippen LogP contribution >= 0.6 is 0 Å². The summed E-state index contributed by atoms with van der Waals surface area (Å²) in [7, 11) is 0. The third kappa shape index (κ3) is 7.87. The van der Waals surface area contributed by atoms with Gasteiger partial charge < -0.3 is 0 Å². The number of fused-ring (bicyclic) bond motifs is 1. The molecule has 0 aromatic heterocycles. The number of unbranched alkanes of at least 4 members (excludes halogenated alkanes) is 4. The van der Waals surface area contributed by atoms with Crippen LogP contribution in [0.15, 0.2) is 61.2 Å². The summed E-state index contributed by atoms with van der Waals surface area (Å²) in [6, 6.07) is 17.8. The molecule has 0 heteroatoms. The van der Waals surface area contributed by atoms with Gasteiger partial charge in [0, 0.05) is 11.1 Å². The topological polar surface area (TPSA) is 0 Å². The van der Waals surface area contributed by atoms with Gasteiger partial charge in [-0.05, 0) is 104 Å². The van der Waals surface area contributed by atoms with Gasteiger partial charge in [-0.25, -0.2) is 0 Å². The van der Waals surface area contributed by atoms with E-state index in [1.165, 1.54) is 82.6 Å². The molecule has 0 nitrogen and oxygen atoms in total. The van der Waals surface area contributed by atoms with E-state index in [9.17, 15) is 0 Å². The Hall–Kier alpha value is -2.26. The normalized spacial score (nSPS) is 23.7. The predicted octanol–water partition coefficient (Wildman–Crippen LogP) is 9.87. The highest BCUT2D eigenvalue weighted by molar-refractivity contribution is 5.44. The fourth-order valence-electron chi connectivity index (χ4n) is 6.59. The number of allylic oxidation sites excluding steroid dienone is 1. The van der Waals surface area contributed by atoms with Crippen molar-refractivity contribution >= 4 is 0 Å². The summed E-state index contributed by atoms with van der Waals surface area (Å²) in [5.74, 6) is 10.5. The van der Waals surface area contributed by atoms with Crippen molar-refractivity contribution < 1.29 is 0 Å². The number of aryl methyl sites for hydroxylation is 1. The highest BCUT2D eigenvalue weighted by Gasteiger charge is 2.35. The zero-order valence-corrected chi connectivity index (χ0v) is 22.1. The van der Waals surface area contributed by atoms with Crippen molar-refractivity contribution in [2.45, 2.75) is 103 Å². The Balaban J connectivity index is 1.24. The van der Waals surface area contributed by atoms with E-state index < -0.39 is 0 Å². The molecule has 2 aliphatic rings. The molecule has 0 bridgehead atoms. The van der Waals surface area contributed by atoms with Gasteiger partial charge in [0.25, 0.3) is 0 Å². The van der Waals surface area contributed by atoms with Crippen molar-refractivity contribution in [3.05, 3.63) is 83.4 Å². The van der Waals surface area contributed by atoms with Crippen LogP contribution in [-0.2, 0) is 6.42 Å². The summed E-state index contributed by atoms with van der Waals surface area (Å²) in [4.78, 5) is 0. The molecule has 4 unspecified atom stereocenters. The van der Waals surface area contributed by atoms with Crippen LogP contribution in [0.2, 0.25) is 0 Å². The third-order valence-corrected chi connectivity index (χ3v) is 8.76. The highest BCUT2D eigenvalue weighted by Crippen LogP contribution is 2.48. The van der Waals surface area contributed by atoms with E-state index in [1.54, 1.807) is 5.56 Å². The summed E-state index contributed by atoms with van der Waals surface area (Å²) < 4.78 is 0. The number of rotatable bonds is 10. The monoisotopic (exact) mass is 466 g/mol. The van der Waals surface area contributed by atoms with E-state index in [-0.39, 0.29) is 0 Å². The maximum absolute atomic E-state index is 3.81. The maximum Gasteiger partial charge on any atom is 0.0249 e. The Morgan fingerprint density at radius 3 is 2.14 bits per heavy atom. The van der Waals surface area contributed by atoms with Crippen molar-refractivity contribution in [1.82, 2.24) is 0 Å². The number of hydrogen-bond acceptors (Lipinski definition) is 0. The lowest BCUT2D eigenvalue weighted by atomic mass is 9.63. The van der Waals surface area contributed by atoms with Crippen LogP contribution in [0.1, 0.15) is 119 Å². The number of benzene rings is 2. The Morgan fingerprint density at radius 2 is 1.43 bits per heavy atom. The minimum Gasteiger partial charge on any atom is -0.103 e. The van der Waals surface area contributed by atoms with Crippen LogP contribution < -0.4 is 0 Å². The van der Waals surface area contributed by atoms with Crippen molar-refractivity contribution in [2.24, 2.45) is 17.8 Å². The SMILES string of the molecule is C=CCCc1ccc(C#Cc2ccc(C3CCC4CC(CCCCCCC)CCC4C3)cc2)cc1. The standard InChI is InChI=1S/C35H46/c1-3-5-7-8-9-11-31-20-23-35-27-34(25-24-33(35)26-31)32-21-18-30(19-22-32)17-16-29-14-12-28(13-15-29)10-6-4-2/h4,12-15,18-19,21-22,31,33-35H,2-3,5-11,20,23-27H2,1H3. The van der Waals surface area contributed by atoms with Gasteiger partial charge >= 0.3 is 0 Å². The van der Waals surface area contributed by atoms with Crippen molar-refractivity contribution in [2.75, 3.05) is 0 Å². The molecule has 2 aromatic rings. The van der Waals surface area contributed by atoms with E-state index in [0.29, 0.717) is 0 Å². The molecule has 0 radical (unpaired) electrons. The van der Waals surface area contributed by atoms with Crippen molar-refractivity contribution in [3.8, 4) is 11.8 Å². The van der Waals surface area contributed by atoms with Gasteiger partial charge in [0.15, 0.2) is 0 Å². The molecular weight excluding hydrogens is 420 g/mol. The molecule has 0 N–H and O–H groups in total. The van der Waals surface area contributed by atoms with E-state index >= 15 is 0 Å². The Kier molecular flexibility index (Phi) is 10.1. The zero-order valence-electron chi connectivity index (χ0n) is 22.1. The minimum absolute atomic E-state index is 0.756. The highest BCUT2D eigenvalue weighted by atomic mass is 14.4. The van der Waals surface area contributed by atoms with Gasteiger partial charge in [-0.1, -0.05) is 94.1 Å². The van der Waals surface area contributed by atoms with Crippen LogP contribution in [0.5, 0.6) is 0 Å². The molecular formula is C35H46. The van der Waals surface area contributed by atoms with Gasteiger partial charge in [-0.2, -0.15) is 0 Å². The smallest absolute Gasteiger partial charge is 0.0249 e. The quantitative estimate of drug-likeness (QED) is 0.186. The lowest BCUT2D eigenvalue weighted by Crippen LogP contribution is -2.30. The molecule has 35 heavy (non-hydrogen) atoms. The van der Waals surface area contributed by atoms with E-state index in [2.05, 4.69) is 73.9 Å². The second-order valence-corrected chi connectivity index (χ2v) is 11.3. The summed E-state index contributed by atoms with van der Waals surface area (Å²) >= 11 is 0. The first-order valence-corrected chi connectivity index (χ1v) is 14.6. The second kappa shape index (κ2) is 13.7. The fraction of sp³-hybridized carbons (Fsp3) is 0.543.